The van der Waals surface area contributed by atoms with Gasteiger partial charge in [-0.3, -0.25) is 0 Å². The number of nitrogens with one attached hydrogen (secondary N) is 1. The fraction of sp³-hybridized carbons (Fsp3) is 0.588. The molecule has 5 nitrogen and oxygen atoms in total. The Labute approximate surface area is 139 Å². The van der Waals surface area contributed by atoms with E-state index < -0.39 is 9.84 Å². The molecule has 0 aliphatic carbocycles. The quantitative estimate of drug-likeness (QED) is 0.811. The number of hydrogen-bond donors (Lipinski definition) is 1. The van der Waals surface area contributed by atoms with Crippen LogP contribution in [-0.4, -0.2) is 44.7 Å². The van der Waals surface area contributed by atoms with Crippen molar-refractivity contribution in [2.24, 2.45) is 5.92 Å². The van der Waals surface area contributed by atoms with E-state index in [-0.39, 0.29) is 11.8 Å². The van der Waals surface area contributed by atoms with Crippen LogP contribution < -0.4 is 5.32 Å². The Morgan fingerprint density at radius 3 is 2.74 bits per heavy atom. The van der Waals surface area contributed by atoms with Crippen LogP contribution in [0.3, 0.4) is 0 Å². The lowest BCUT2D eigenvalue weighted by Gasteiger charge is -2.32. The number of likely N-dealkylation sites (tertiary alicyclic amines) is 1. The molecule has 1 saturated heterocycles. The highest BCUT2D eigenvalue weighted by molar-refractivity contribution is 7.91. The second-order valence-corrected chi connectivity index (χ2v) is 8.19. The molecular formula is C17H26N2O3S. The first kappa shape index (κ1) is 17.8. The van der Waals surface area contributed by atoms with Gasteiger partial charge in [-0.2, -0.15) is 0 Å². The summed E-state index contributed by atoms with van der Waals surface area (Å²) in [6.45, 7) is 4.15. The van der Waals surface area contributed by atoms with Crippen LogP contribution in [0.4, 0.5) is 4.79 Å². The summed E-state index contributed by atoms with van der Waals surface area (Å²) in [5.41, 5.74) is 0. The van der Waals surface area contributed by atoms with E-state index in [1.807, 2.05) is 4.90 Å². The molecule has 6 heteroatoms. The van der Waals surface area contributed by atoms with Crippen LogP contribution >= 0.6 is 0 Å². The van der Waals surface area contributed by atoms with Gasteiger partial charge < -0.3 is 10.2 Å². The number of piperidine rings is 1. The summed E-state index contributed by atoms with van der Waals surface area (Å²) in [4.78, 5) is 14.3. The minimum atomic E-state index is -3.26. The van der Waals surface area contributed by atoms with E-state index in [4.69, 9.17) is 0 Å². The lowest BCUT2D eigenvalue weighted by Crippen LogP contribution is -2.45. The van der Waals surface area contributed by atoms with Crippen LogP contribution in [0.25, 0.3) is 0 Å². The summed E-state index contributed by atoms with van der Waals surface area (Å²) in [7, 11) is -3.26. The van der Waals surface area contributed by atoms with Crippen LogP contribution in [0.15, 0.2) is 35.2 Å². The predicted octanol–water partition coefficient (Wildman–Crippen LogP) is 2.68. The summed E-state index contributed by atoms with van der Waals surface area (Å²) in [6.07, 6.45) is 3.76. The van der Waals surface area contributed by atoms with Gasteiger partial charge in [0.15, 0.2) is 9.84 Å². The second-order valence-electron chi connectivity index (χ2n) is 6.08. The summed E-state index contributed by atoms with van der Waals surface area (Å²) >= 11 is 0. The maximum absolute atomic E-state index is 12.1. The van der Waals surface area contributed by atoms with Crippen molar-refractivity contribution < 1.29 is 13.2 Å². The maximum atomic E-state index is 12.1. The molecular weight excluding hydrogens is 312 g/mol. The van der Waals surface area contributed by atoms with Gasteiger partial charge in [-0.1, -0.05) is 31.5 Å². The molecule has 1 unspecified atom stereocenters. The van der Waals surface area contributed by atoms with E-state index in [0.29, 0.717) is 23.8 Å². The van der Waals surface area contributed by atoms with Crippen molar-refractivity contribution >= 4 is 15.9 Å². The summed E-state index contributed by atoms with van der Waals surface area (Å²) in [5, 5.41) is 2.84. The monoisotopic (exact) mass is 338 g/mol. The highest BCUT2D eigenvalue weighted by atomic mass is 32.2. The molecule has 1 heterocycles. The van der Waals surface area contributed by atoms with E-state index in [9.17, 15) is 13.2 Å². The highest BCUT2D eigenvalue weighted by Gasteiger charge is 2.22. The van der Waals surface area contributed by atoms with Crippen LogP contribution in [0.5, 0.6) is 0 Å². The minimum absolute atomic E-state index is 0.0505. The number of hydrogen-bond acceptors (Lipinski definition) is 3. The highest BCUT2D eigenvalue weighted by Crippen LogP contribution is 2.19. The van der Waals surface area contributed by atoms with E-state index in [1.54, 1.807) is 30.3 Å². The fourth-order valence-electron chi connectivity index (χ4n) is 2.90. The zero-order valence-electron chi connectivity index (χ0n) is 13.7. The van der Waals surface area contributed by atoms with Gasteiger partial charge in [0.05, 0.1) is 10.6 Å². The molecule has 0 spiro atoms. The van der Waals surface area contributed by atoms with Gasteiger partial charge in [0, 0.05) is 19.6 Å². The van der Waals surface area contributed by atoms with E-state index in [2.05, 4.69) is 12.2 Å². The number of nitrogens with zero attached hydrogens (tertiary/aromatic N) is 1. The van der Waals surface area contributed by atoms with E-state index in [0.717, 1.165) is 25.9 Å². The SMILES string of the molecule is CCC1CCCN(C(=O)NCCCS(=O)(=O)c2ccccc2)C1. The first-order valence-electron chi connectivity index (χ1n) is 8.33. The Morgan fingerprint density at radius 2 is 2.04 bits per heavy atom. The normalized spacial score (nSPS) is 18.7. The van der Waals surface area contributed by atoms with Gasteiger partial charge in [0.25, 0.3) is 0 Å². The molecule has 128 valence electrons. The van der Waals surface area contributed by atoms with Gasteiger partial charge in [-0.15, -0.1) is 0 Å². The molecule has 2 amide bonds. The van der Waals surface area contributed by atoms with E-state index in [1.165, 1.54) is 6.42 Å². The summed E-state index contributed by atoms with van der Waals surface area (Å²) in [6, 6.07) is 8.37. The van der Waals surface area contributed by atoms with Crippen LogP contribution in [0.2, 0.25) is 0 Å². The minimum Gasteiger partial charge on any atom is -0.338 e. The van der Waals surface area contributed by atoms with Crippen molar-refractivity contribution in [3.63, 3.8) is 0 Å². The maximum Gasteiger partial charge on any atom is 0.317 e. The number of rotatable bonds is 6. The Hall–Kier alpha value is -1.56. The molecule has 0 bridgehead atoms. The molecule has 1 aromatic carbocycles. The molecule has 0 aromatic heterocycles. The van der Waals surface area contributed by atoms with Crippen molar-refractivity contribution in [3.8, 4) is 0 Å². The number of carbonyl (C=O) groups excluding carboxylic acids is 1. The molecule has 1 aliphatic heterocycles. The molecule has 0 radical (unpaired) electrons. The van der Waals surface area contributed by atoms with Gasteiger partial charge in [-0.05, 0) is 37.3 Å². The molecule has 1 N–H and O–H groups in total. The van der Waals surface area contributed by atoms with Crippen molar-refractivity contribution in [1.29, 1.82) is 0 Å². The Morgan fingerprint density at radius 1 is 1.30 bits per heavy atom. The van der Waals surface area contributed by atoms with Gasteiger partial charge in [0.1, 0.15) is 0 Å². The van der Waals surface area contributed by atoms with Crippen LogP contribution in [-0.2, 0) is 9.84 Å². The standard InChI is InChI=1S/C17H26N2O3S/c1-2-15-8-6-12-19(14-15)17(20)18-11-7-13-23(21,22)16-9-4-3-5-10-16/h3-5,9-10,15H,2,6-8,11-14H2,1H3,(H,18,20). The third-order valence-corrected chi connectivity index (χ3v) is 6.17. The molecule has 1 aliphatic rings. The van der Waals surface area contributed by atoms with Gasteiger partial charge >= 0.3 is 6.03 Å². The molecule has 0 saturated carbocycles. The number of amides is 2. The van der Waals surface area contributed by atoms with E-state index >= 15 is 0 Å². The average Bonchev–Trinajstić information content (AvgIpc) is 2.59. The topological polar surface area (TPSA) is 66.5 Å². The second kappa shape index (κ2) is 8.34. The lowest BCUT2D eigenvalue weighted by molar-refractivity contribution is 0.164. The molecule has 23 heavy (non-hydrogen) atoms. The zero-order valence-corrected chi connectivity index (χ0v) is 14.5. The third-order valence-electron chi connectivity index (χ3n) is 4.35. The first-order valence-corrected chi connectivity index (χ1v) is 9.98. The van der Waals surface area contributed by atoms with Gasteiger partial charge in [-0.25, -0.2) is 13.2 Å². The number of urea groups is 1. The van der Waals surface area contributed by atoms with Crippen molar-refractivity contribution in [2.45, 2.75) is 37.5 Å². The third kappa shape index (κ3) is 5.23. The number of sulfone groups is 1. The Kier molecular flexibility index (Phi) is 6.45. The number of benzene rings is 1. The fourth-order valence-corrected chi connectivity index (χ4v) is 4.23. The van der Waals surface area contributed by atoms with Crippen LogP contribution in [0, 0.1) is 5.92 Å². The van der Waals surface area contributed by atoms with Crippen LogP contribution in [0.1, 0.15) is 32.6 Å². The zero-order chi connectivity index (χ0) is 16.7. The Balaban J connectivity index is 1.74. The number of carbonyl (C=O) groups is 1. The summed E-state index contributed by atoms with van der Waals surface area (Å²) < 4.78 is 24.3. The van der Waals surface area contributed by atoms with Crippen molar-refractivity contribution in [3.05, 3.63) is 30.3 Å². The lowest BCUT2D eigenvalue weighted by atomic mass is 9.96. The smallest absolute Gasteiger partial charge is 0.317 e. The largest absolute Gasteiger partial charge is 0.338 e. The van der Waals surface area contributed by atoms with Crippen molar-refractivity contribution in [1.82, 2.24) is 10.2 Å². The molecule has 1 fully saturated rings. The molecule has 2 rings (SSSR count). The average molecular weight is 338 g/mol. The molecule has 1 atom stereocenters. The van der Waals surface area contributed by atoms with Crippen molar-refractivity contribution in [2.75, 3.05) is 25.4 Å². The Bertz CT molecular complexity index is 602. The predicted molar refractivity (Wildman–Crippen MR) is 91.1 cm³/mol. The van der Waals surface area contributed by atoms with Gasteiger partial charge in [0.2, 0.25) is 0 Å². The summed E-state index contributed by atoms with van der Waals surface area (Å²) in [5.74, 6) is 0.641. The molecule has 1 aromatic rings. The first-order chi connectivity index (χ1) is 11.0.